The third-order valence-corrected chi connectivity index (χ3v) is 7.90. The molecule has 0 bridgehead atoms. The summed E-state index contributed by atoms with van der Waals surface area (Å²) >= 11 is 0. The molecule has 2 heterocycles. The molecule has 1 aliphatic carbocycles. The van der Waals surface area contributed by atoms with E-state index in [1.807, 2.05) is 11.6 Å². The van der Waals surface area contributed by atoms with E-state index in [0.717, 1.165) is 32.1 Å². The minimum atomic E-state index is -3.13. The predicted octanol–water partition coefficient (Wildman–Crippen LogP) is 1.53. The monoisotopic (exact) mass is 383 g/mol. The molecule has 0 N–H and O–H groups in total. The molecular weight excluding hydrogens is 354 g/mol. The van der Waals surface area contributed by atoms with E-state index in [9.17, 15) is 13.2 Å². The summed E-state index contributed by atoms with van der Waals surface area (Å²) in [4.78, 5) is 13.5. The highest BCUT2D eigenvalue weighted by molar-refractivity contribution is 7.89. The molecule has 1 aromatic heterocycles. The summed E-state index contributed by atoms with van der Waals surface area (Å²) < 4.78 is 28.3. The van der Waals surface area contributed by atoms with Crippen LogP contribution in [0, 0.1) is 5.41 Å². The van der Waals surface area contributed by atoms with Crippen LogP contribution in [0.25, 0.3) is 0 Å². The minimum absolute atomic E-state index is 0.0862. The van der Waals surface area contributed by atoms with Gasteiger partial charge >= 0.3 is 0 Å². The van der Waals surface area contributed by atoms with Gasteiger partial charge in [0.2, 0.25) is 10.0 Å². The van der Waals surface area contributed by atoms with Gasteiger partial charge in [-0.1, -0.05) is 18.6 Å². The lowest BCUT2D eigenvalue weighted by Gasteiger charge is -2.53. The van der Waals surface area contributed by atoms with Gasteiger partial charge in [-0.15, -0.1) is 5.10 Å². The van der Waals surface area contributed by atoms with E-state index in [1.165, 1.54) is 4.90 Å². The number of amides is 1. The maximum absolute atomic E-state index is 12.4. The number of piperidine rings is 1. The second-order valence-electron chi connectivity index (χ2n) is 7.77. The summed E-state index contributed by atoms with van der Waals surface area (Å²) in [6, 6.07) is 0.208. The Balaban J connectivity index is 1.65. The van der Waals surface area contributed by atoms with Crippen LogP contribution in [0.2, 0.25) is 0 Å². The zero-order chi connectivity index (χ0) is 18.9. The van der Waals surface area contributed by atoms with Crippen molar-refractivity contribution in [3.8, 4) is 0 Å². The summed E-state index contributed by atoms with van der Waals surface area (Å²) in [5, 5.41) is 8.21. The molecule has 1 saturated carbocycles. The molecule has 0 radical (unpaired) electrons. The lowest BCUT2D eigenvalue weighted by atomic mass is 9.59. The Bertz CT molecular complexity index is 750. The summed E-state index contributed by atoms with van der Waals surface area (Å²) in [6.07, 6.45) is 7.12. The fourth-order valence-corrected chi connectivity index (χ4v) is 5.75. The summed E-state index contributed by atoms with van der Waals surface area (Å²) in [5.41, 5.74) is 0.444. The van der Waals surface area contributed by atoms with E-state index in [4.69, 9.17) is 0 Å². The van der Waals surface area contributed by atoms with Crippen LogP contribution in [-0.2, 0) is 10.0 Å². The Labute approximate surface area is 155 Å². The molecule has 1 amide bonds. The normalized spacial score (nSPS) is 23.0. The number of rotatable bonds is 6. The molecule has 146 valence electrons. The van der Waals surface area contributed by atoms with Crippen molar-refractivity contribution in [3.05, 3.63) is 11.9 Å². The maximum Gasteiger partial charge on any atom is 0.275 e. The van der Waals surface area contributed by atoms with Gasteiger partial charge in [0.1, 0.15) is 0 Å². The van der Waals surface area contributed by atoms with Gasteiger partial charge in [-0.25, -0.2) is 17.4 Å². The van der Waals surface area contributed by atoms with E-state index in [-0.39, 0.29) is 23.1 Å². The first-order valence-corrected chi connectivity index (χ1v) is 11.0. The molecule has 1 spiro atoms. The highest BCUT2D eigenvalue weighted by atomic mass is 32.2. The van der Waals surface area contributed by atoms with Gasteiger partial charge in [0.25, 0.3) is 5.91 Å². The van der Waals surface area contributed by atoms with Gasteiger partial charge in [-0.3, -0.25) is 4.79 Å². The molecular formula is C17H29N5O3S. The minimum Gasteiger partial charge on any atom is -0.343 e. The van der Waals surface area contributed by atoms with Crippen molar-refractivity contribution in [2.24, 2.45) is 5.41 Å². The summed E-state index contributed by atoms with van der Waals surface area (Å²) in [5.74, 6) is 0.0976. The second kappa shape index (κ2) is 7.26. The number of aromatic nitrogens is 3. The molecule has 2 fully saturated rings. The van der Waals surface area contributed by atoms with Crippen LogP contribution < -0.4 is 0 Å². The van der Waals surface area contributed by atoms with Crippen molar-refractivity contribution in [3.63, 3.8) is 0 Å². The molecule has 1 aliphatic heterocycles. The molecule has 8 nitrogen and oxygen atoms in total. The lowest BCUT2D eigenvalue weighted by Crippen LogP contribution is -2.51. The number of unbranched alkanes of at least 4 members (excludes halogenated alkanes) is 1. The van der Waals surface area contributed by atoms with E-state index < -0.39 is 10.0 Å². The molecule has 1 atom stereocenters. The average molecular weight is 384 g/mol. The first-order valence-electron chi connectivity index (χ1n) is 9.40. The standard InChI is InChI=1S/C17H29N5O3S/c1-4-5-12-26(24,25)21-10-8-17(9-11-21)7-6-15(17)22-13-14(18-19-22)16(23)20(2)3/h13,15H,4-12H2,1-3H3. The van der Waals surface area contributed by atoms with Gasteiger partial charge in [-0.05, 0) is 37.5 Å². The third kappa shape index (κ3) is 3.51. The van der Waals surface area contributed by atoms with E-state index >= 15 is 0 Å². The average Bonchev–Trinajstić information content (AvgIpc) is 3.07. The second-order valence-corrected chi connectivity index (χ2v) is 9.86. The molecule has 2 aliphatic rings. The van der Waals surface area contributed by atoms with Crippen LogP contribution in [0.15, 0.2) is 6.20 Å². The molecule has 1 aromatic rings. The maximum atomic E-state index is 12.4. The van der Waals surface area contributed by atoms with Gasteiger partial charge in [0, 0.05) is 27.2 Å². The Kier molecular flexibility index (Phi) is 5.39. The SMILES string of the molecule is CCCCS(=O)(=O)N1CCC2(CCC2n2cc(C(=O)N(C)C)nn2)CC1. The van der Waals surface area contributed by atoms with Crippen molar-refractivity contribution >= 4 is 15.9 Å². The van der Waals surface area contributed by atoms with Gasteiger partial charge < -0.3 is 4.90 Å². The number of hydrogen-bond acceptors (Lipinski definition) is 5. The molecule has 9 heteroatoms. The van der Waals surface area contributed by atoms with Crippen molar-refractivity contribution in [2.45, 2.75) is 51.5 Å². The van der Waals surface area contributed by atoms with Crippen LogP contribution >= 0.6 is 0 Å². The Morgan fingerprint density at radius 3 is 2.54 bits per heavy atom. The van der Waals surface area contributed by atoms with Crippen LogP contribution in [-0.4, -0.2) is 71.5 Å². The molecule has 1 saturated heterocycles. The Hall–Kier alpha value is -1.48. The van der Waals surface area contributed by atoms with E-state index in [0.29, 0.717) is 25.2 Å². The van der Waals surface area contributed by atoms with Crippen LogP contribution in [0.5, 0.6) is 0 Å². The Morgan fingerprint density at radius 2 is 2.00 bits per heavy atom. The first kappa shape index (κ1) is 19.3. The molecule has 3 rings (SSSR count). The van der Waals surface area contributed by atoms with Crippen LogP contribution in [0.1, 0.15) is 62.0 Å². The summed E-state index contributed by atoms with van der Waals surface area (Å²) in [7, 11) is 0.260. The Morgan fingerprint density at radius 1 is 1.31 bits per heavy atom. The fourth-order valence-electron chi connectivity index (χ4n) is 4.10. The zero-order valence-electron chi connectivity index (χ0n) is 15.9. The first-order chi connectivity index (χ1) is 12.3. The highest BCUT2D eigenvalue weighted by Crippen LogP contribution is 2.56. The van der Waals surface area contributed by atoms with E-state index in [1.54, 1.807) is 24.6 Å². The van der Waals surface area contributed by atoms with Gasteiger partial charge in [0.05, 0.1) is 18.0 Å². The van der Waals surface area contributed by atoms with Gasteiger partial charge in [-0.2, -0.15) is 0 Å². The number of nitrogens with zero attached hydrogens (tertiary/aromatic N) is 5. The van der Waals surface area contributed by atoms with Crippen LogP contribution in [0.3, 0.4) is 0 Å². The quantitative estimate of drug-likeness (QED) is 0.743. The van der Waals surface area contributed by atoms with Crippen molar-refractivity contribution in [1.82, 2.24) is 24.2 Å². The number of hydrogen-bond donors (Lipinski definition) is 0. The highest BCUT2D eigenvalue weighted by Gasteiger charge is 2.50. The van der Waals surface area contributed by atoms with Crippen molar-refractivity contribution in [1.29, 1.82) is 0 Å². The molecule has 26 heavy (non-hydrogen) atoms. The summed E-state index contributed by atoms with van der Waals surface area (Å²) in [6.45, 7) is 3.18. The van der Waals surface area contributed by atoms with Crippen LogP contribution in [0.4, 0.5) is 0 Å². The molecule has 0 aromatic carbocycles. The fraction of sp³-hybridized carbons (Fsp3) is 0.824. The lowest BCUT2D eigenvalue weighted by molar-refractivity contribution is -0.0160. The number of sulfonamides is 1. The third-order valence-electron chi connectivity index (χ3n) is 5.94. The topological polar surface area (TPSA) is 88.4 Å². The van der Waals surface area contributed by atoms with Crippen molar-refractivity contribution in [2.75, 3.05) is 32.9 Å². The number of carbonyl (C=O) groups is 1. The molecule has 1 unspecified atom stereocenters. The number of carbonyl (C=O) groups excluding carboxylic acids is 1. The largest absolute Gasteiger partial charge is 0.343 e. The predicted molar refractivity (Wildman–Crippen MR) is 98.2 cm³/mol. The smallest absolute Gasteiger partial charge is 0.275 e. The zero-order valence-corrected chi connectivity index (χ0v) is 16.7. The van der Waals surface area contributed by atoms with Crippen molar-refractivity contribution < 1.29 is 13.2 Å². The van der Waals surface area contributed by atoms with Gasteiger partial charge in [0.15, 0.2) is 5.69 Å². The van der Waals surface area contributed by atoms with E-state index in [2.05, 4.69) is 10.3 Å².